The summed E-state index contributed by atoms with van der Waals surface area (Å²) in [5, 5.41) is 29.3. The second kappa shape index (κ2) is 5.15. The molecule has 0 spiro atoms. The van der Waals surface area contributed by atoms with Gasteiger partial charge in [-0.1, -0.05) is 13.8 Å². The van der Waals surface area contributed by atoms with Crippen LogP contribution in [-0.4, -0.2) is 40.4 Å². The van der Waals surface area contributed by atoms with Crippen molar-refractivity contribution in [3.8, 4) is 0 Å². The molecule has 0 aromatic rings. The Bertz CT molecular complexity index is 356. The van der Waals surface area contributed by atoms with Gasteiger partial charge in [-0.2, -0.15) is 0 Å². The number of aliphatic hydroxyl groups excluding tert-OH is 3. The Hall–Kier alpha value is -0.450. The van der Waals surface area contributed by atoms with E-state index in [2.05, 4.69) is 6.92 Å². The van der Waals surface area contributed by atoms with Crippen molar-refractivity contribution < 1.29 is 20.1 Å². The lowest BCUT2D eigenvalue weighted by atomic mass is 9.46. The second-order valence-electron chi connectivity index (χ2n) is 6.85. The van der Waals surface area contributed by atoms with Crippen molar-refractivity contribution in [3.63, 3.8) is 0 Å². The zero-order chi connectivity index (χ0) is 14.3. The number of carbonyl (C=O) groups excluding carboxylic acids is 1. The molecule has 19 heavy (non-hydrogen) atoms. The van der Waals surface area contributed by atoms with Crippen molar-refractivity contribution in [2.75, 3.05) is 13.2 Å². The van der Waals surface area contributed by atoms with Gasteiger partial charge in [0, 0.05) is 24.4 Å². The number of carbonyl (C=O) groups is 1. The number of hydrogen-bond donors (Lipinski definition) is 3. The first-order chi connectivity index (χ1) is 8.90. The molecule has 0 amide bonds. The molecular formula is C15H26O4. The van der Waals surface area contributed by atoms with Gasteiger partial charge in [-0.25, -0.2) is 0 Å². The van der Waals surface area contributed by atoms with Crippen molar-refractivity contribution in [2.24, 2.45) is 22.7 Å². The maximum absolute atomic E-state index is 12.2. The summed E-state index contributed by atoms with van der Waals surface area (Å²) in [6, 6.07) is 0. The highest BCUT2D eigenvalue weighted by Crippen LogP contribution is 2.59. The highest BCUT2D eigenvalue weighted by atomic mass is 16.3. The van der Waals surface area contributed by atoms with Crippen LogP contribution in [0, 0.1) is 22.7 Å². The third-order valence-electron chi connectivity index (χ3n) is 5.93. The maximum atomic E-state index is 12.2. The number of fused-ring (bicyclic) bond motifs is 1. The molecule has 2 aliphatic carbocycles. The molecule has 0 radical (unpaired) electrons. The monoisotopic (exact) mass is 270 g/mol. The largest absolute Gasteiger partial charge is 0.396 e. The van der Waals surface area contributed by atoms with Gasteiger partial charge in [-0.15, -0.1) is 0 Å². The number of rotatable bonds is 3. The molecule has 0 aromatic carbocycles. The topological polar surface area (TPSA) is 77.8 Å². The van der Waals surface area contributed by atoms with E-state index < -0.39 is 11.5 Å². The van der Waals surface area contributed by atoms with Gasteiger partial charge in [0.25, 0.3) is 0 Å². The van der Waals surface area contributed by atoms with Crippen LogP contribution >= 0.6 is 0 Å². The summed E-state index contributed by atoms with van der Waals surface area (Å²) >= 11 is 0. The van der Waals surface area contributed by atoms with Gasteiger partial charge in [-0.05, 0) is 37.0 Å². The Kier molecular flexibility index (Phi) is 4.05. The Morgan fingerprint density at radius 2 is 1.95 bits per heavy atom. The first-order valence-corrected chi connectivity index (χ1v) is 7.32. The fourth-order valence-electron chi connectivity index (χ4n) is 4.68. The summed E-state index contributed by atoms with van der Waals surface area (Å²) in [6.45, 7) is 4.02. The van der Waals surface area contributed by atoms with Crippen molar-refractivity contribution in [1.82, 2.24) is 0 Å². The van der Waals surface area contributed by atoms with Crippen LogP contribution in [0.1, 0.15) is 46.0 Å². The zero-order valence-electron chi connectivity index (χ0n) is 11.9. The molecule has 110 valence electrons. The summed E-state index contributed by atoms with van der Waals surface area (Å²) in [4.78, 5) is 12.2. The standard InChI is InChI=1S/C15H26O4/c1-14-7-5-13(19)15(2,9-17)12(14)4-3-11(18)10(14)6-8-16/h10,12-13,16-17,19H,3-9H2,1-2H3/t10-,12+,13-,14+,15+/m1/s1. The molecule has 0 aliphatic heterocycles. The summed E-state index contributed by atoms with van der Waals surface area (Å²) in [6.07, 6.45) is 2.67. The van der Waals surface area contributed by atoms with E-state index in [4.69, 9.17) is 0 Å². The summed E-state index contributed by atoms with van der Waals surface area (Å²) in [5.41, 5.74) is -0.726. The minimum atomic E-state index is -0.526. The number of aliphatic hydroxyl groups is 3. The minimum Gasteiger partial charge on any atom is -0.396 e. The van der Waals surface area contributed by atoms with E-state index in [1.807, 2.05) is 6.92 Å². The van der Waals surface area contributed by atoms with Crippen molar-refractivity contribution >= 4 is 5.78 Å². The molecule has 4 heteroatoms. The molecule has 4 nitrogen and oxygen atoms in total. The summed E-state index contributed by atoms with van der Waals surface area (Å²) in [5.74, 6) is 0.252. The number of hydrogen-bond acceptors (Lipinski definition) is 4. The predicted octanol–water partition coefficient (Wildman–Crippen LogP) is 1.12. The molecule has 3 N–H and O–H groups in total. The Labute approximate surface area is 114 Å². The second-order valence-corrected chi connectivity index (χ2v) is 6.85. The fourth-order valence-corrected chi connectivity index (χ4v) is 4.68. The van der Waals surface area contributed by atoms with Gasteiger partial charge in [0.05, 0.1) is 12.7 Å². The highest BCUT2D eigenvalue weighted by Gasteiger charge is 2.58. The van der Waals surface area contributed by atoms with E-state index in [9.17, 15) is 20.1 Å². The predicted molar refractivity (Wildman–Crippen MR) is 71.5 cm³/mol. The molecular weight excluding hydrogens is 244 g/mol. The third kappa shape index (κ3) is 2.14. The lowest BCUT2D eigenvalue weighted by Crippen LogP contribution is -2.58. The van der Waals surface area contributed by atoms with Crippen LogP contribution in [0.3, 0.4) is 0 Å². The molecule has 0 saturated heterocycles. The number of ketones is 1. The average Bonchev–Trinajstić information content (AvgIpc) is 2.39. The molecule has 0 unspecified atom stereocenters. The molecule has 2 aliphatic rings. The van der Waals surface area contributed by atoms with E-state index in [0.717, 1.165) is 12.8 Å². The van der Waals surface area contributed by atoms with Crippen LogP contribution in [0.15, 0.2) is 0 Å². The molecule has 2 fully saturated rings. The quantitative estimate of drug-likeness (QED) is 0.718. The Balaban J connectivity index is 2.37. The van der Waals surface area contributed by atoms with Gasteiger partial charge in [-0.3, -0.25) is 4.79 Å². The van der Waals surface area contributed by atoms with E-state index >= 15 is 0 Å². The first-order valence-electron chi connectivity index (χ1n) is 7.32. The third-order valence-corrected chi connectivity index (χ3v) is 5.93. The van der Waals surface area contributed by atoms with Crippen LogP contribution in [0.4, 0.5) is 0 Å². The summed E-state index contributed by atoms with van der Waals surface area (Å²) < 4.78 is 0. The molecule has 0 bridgehead atoms. The summed E-state index contributed by atoms with van der Waals surface area (Å²) in [7, 11) is 0. The molecule has 2 saturated carbocycles. The van der Waals surface area contributed by atoms with Gasteiger partial charge >= 0.3 is 0 Å². The Morgan fingerprint density at radius 1 is 1.26 bits per heavy atom. The lowest BCUT2D eigenvalue weighted by molar-refractivity contribution is -0.172. The molecule has 5 atom stereocenters. The SMILES string of the molecule is C[C@]1(CO)[C@H]2CCC(=O)[C@@H](CCO)[C@]2(C)CC[C@H]1O. The van der Waals surface area contributed by atoms with Gasteiger partial charge in [0.15, 0.2) is 0 Å². The van der Waals surface area contributed by atoms with Crippen LogP contribution in [0.5, 0.6) is 0 Å². The first kappa shape index (κ1) is 14.9. The van der Waals surface area contributed by atoms with E-state index in [1.165, 1.54) is 0 Å². The highest BCUT2D eigenvalue weighted by molar-refractivity contribution is 5.82. The Morgan fingerprint density at radius 3 is 2.53 bits per heavy atom. The van der Waals surface area contributed by atoms with E-state index in [1.54, 1.807) is 0 Å². The minimum absolute atomic E-state index is 0.0249. The lowest BCUT2D eigenvalue weighted by Gasteiger charge is -2.58. The van der Waals surface area contributed by atoms with Crippen LogP contribution in [-0.2, 0) is 4.79 Å². The smallest absolute Gasteiger partial charge is 0.136 e. The van der Waals surface area contributed by atoms with Crippen molar-refractivity contribution in [2.45, 2.75) is 52.1 Å². The number of Topliss-reactive ketones (excluding diaryl/α,β-unsaturated/α-hetero) is 1. The van der Waals surface area contributed by atoms with E-state index in [0.29, 0.717) is 19.3 Å². The van der Waals surface area contributed by atoms with Crippen LogP contribution in [0.2, 0.25) is 0 Å². The van der Waals surface area contributed by atoms with Crippen molar-refractivity contribution in [1.29, 1.82) is 0 Å². The average molecular weight is 270 g/mol. The van der Waals surface area contributed by atoms with Crippen LogP contribution in [0.25, 0.3) is 0 Å². The molecule has 2 rings (SSSR count). The van der Waals surface area contributed by atoms with Gasteiger partial charge in [0.2, 0.25) is 0 Å². The molecule has 0 heterocycles. The van der Waals surface area contributed by atoms with Crippen LogP contribution < -0.4 is 0 Å². The van der Waals surface area contributed by atoms with Gasteiger partial charge in [0.1, 0.15) is 5.78 Å². The molecule has 0 aromatic heterocycles. The maximum Gasteiger partial charge on any atom is 0.136 e. The zero-order valence-corrected chi connectivity index (χ0v) is 11.9. The van der Waals surface area contributed by atoms with E-state index in [-0.39, 0.29) is 36.2 Å². The van der Waals surface area contributed by atoms with Gasteiger partial charge < -0.3 is 15.3 Å². The van der Waals surface area contributed by atoms with Crippen molar-refractivity contribution in [3.05, 3.63) is 0 Å². The normalized spacial score (nSPS) is 47.0. The fraction of sp³-hybridized carbons (Fsp3) is 0.933.